The molecule has 2 rings (SSSR count). The van der Waals surface area contributed by atoms with Crippen molar-refractivity contribution in [2.24, 2.45) is 0 Å². The third kappa shape index (κ3) is 3.14. The number of hydrogen-bond donors (Lipinski definition) is 2. The molecule has 1 aliphatic heterocycles. The summed E-state index contributed by atoms with van der Waals surface area (Å²) in [5.41, 5.74) is 1.04. The molecule has 1 aliphatic rings. The molecule has 0 bridgehead atoms. The molecule has 20 heavy (non-hydrogen) atoms. The van der Waals surface area contributed by atoms with E-state index in [0.717, 1.165) is 18.4 Å². The van der Waals surface area contributed by atoms with Crippen LogP contribution in [-0.4, -0.2) is 45.0 Å². The van der Waals surface area contributed by atoms with Crippen molar-refractivity contribution in [3.05, 3.63) is 11.2 Å². The van der Waals surface area contributed by atoms with Gasteiger partial charge in [-0.1, -0.05) is 0 Å². The number of thiazole rings is 1. The van der Waals surface area contributed by atoms with E-state index in [-0.39, 0.29) is 28.8 Å². The summed E-state index contributed by atoms with van der Waals surface area (Å²) < 4.78 is 31.2. The molecule has 1 fully saturated rings. The molecule has 0 spiro atoms. The van der Waals surface area contributed by atoms with Gasteiger partial charge >= 0.3 is 5.97 Å². The first-order valence-electron chi connectivity index (χ1n) is 5.75. The van der Waals surface area contributed by atoms with Gasteiger partial charge in [-0.2, -0.15) is 0 Å². The van der Waals surface area contributed by atoms with Gasteiger partial charge in [0.1, 0.15) is 0 Å². The Balaban J connectivity index is 2.17. The number of nitrogens with zero attached hydrogens (tertiary/aromatic N) is 1. The summed E-state index contributed by atoms with van der Waals surface area (Å²) in [6, 6.07) is -0.398. The van der Waals surface area contributed by atoms with Crippen molar-refractivity contribution >= 4 is 33.2 Å². The Bertz CT molecular complexity index is 615. The molecule has 2 heterocycles. The Morgan fingerprint density at radius 1 is 1.60 bits per heavy atom. The maximum absolute atomic E-state index is 12.2. The second-order valence-corrected chi connectivity index (χ2v) is 6.90. The zero-order valence-corrected chi connectivity index (χ0v) is 12.2. The van der Waals surface area contributed by atoms with Crippen molar-refractivity contribution in [1.29, 1.82) is 0 Å². The van der Waals surface area contributed by atoms with Crippen LogP contribution in [0.1, 0.15) is 23.3 Å². The van der Waals surface area contributed by atoms with E-state index < -0.39 is 22.0 Å². The maximum Gasteiger partial charge on any atom is 0.358 e. The predicted molar refractivity (Wildman–Crippen MR) is 69.8 cm³/mol. The third-order valence-electron chi connectivity index (χ3n) is 2.75. The van der Waals surface area contributed by atoms with Crippen molar-refractivity contribution < 1.29 is 22.7 Å². The first-order chi connectivity index (χ1) is 9.44. The van der Waals surface area contributed by atoms with Crippen LogP contribution in [0.15, 0.2) is 9.72 Å². The Morgan fingerprint density at radius 3 is 2.95 bits per heavy atom. The van der Waals surface area contributed by atoms with E-state index in [1.807, 2.05) is 0 Å². The highest BCUT2D eigenvalue weighted by Gasteiger charge is 2.30. The van der Waals surface area contributed by atoms with Gasteiger partial charge in [-0.05, 0) is 6.42 Å². The van der Waals surface area contributed by atoms with E-state index in [9.17, 15) is 18.0 Å². The maximum atomic E-state index is 12.2. The number of sulfonamides is 1. The van der Waals surface area contributed by atoms with Crippen molar-refractivity contribution in [3.8, 4) is 0 Å². The normalized spacial score (nSPS) is 19.4. The highest BCUT2D eigenvalue weighted by atomic mass is 32.2. The molecule has 1 amide bonds. The summed E-state index contributed by atoms with van der Waals surface area (Å²) in [7, 11) is -2.71. The molecule has 1 unspecified atom stereocenters. The minimum absolute atomic E-state index is 0.103. The van der Waals surface area contributed by atoms with Crippen LogP contribution in [0.2, 0.25) is 0 Å². The average molecular weight is 319 g/mol. The highest BCUT2D eigenvalue weighted by molar-refractivity contribution is 7.91. The quantitative estimate of drug-likeness (QED) is 0.722. The molecule has 0 radical (unpaired) electrons. The van der Waals surface area contributed by atoms with Gasteiger partial charge in [-0.15, -0.1) is 11.3 Å². The monoisotopic (exact) mass is 319 g/mol. The third-order valence-corrected chi connectivity index (χ3v) is 5.64. The van der Waals surface area contributed by atoms with Crippen LogP contribution in [0, 0.1) is 0 Å². The lowest BCUT2D eigenvalue weighted by Gasteiger charge is -2.22. The van der Waals surface area contributed by atoms with Crippen LogP contribution in [0.4, 0.5) is 0 Å². The van der Waals surface area contributed by atoms with Gasteiger partial charge in [-0.25, -0.2) is 22.9 Å². The fraction of sp³-hybridized carbons (Fsp3) is 0.500. The number of methoxy groups -OCH3 is 1. The summed E-state index contributed by atoms with van der Waals surface area (Å²) in [4.78, 5) is 26.2. The number of esters is 1. The second-order valence-electron chi connectivity index (χ2n) is 4.14. The van der Waals surface area contributed by atoms with Crippen molar-refractivity contribution in [2.75, 3.05) is 13.7 Å². The van der Waals surface area contributed by atoms with Gasteiger partial charge in [0.2, 0.25) is 5.91 Å². The van der Waals surface area contributed by atoms with Crippen LogP contribution in [0.5, 0.6) is 0 Å². The molecule has 110 valence electrons. The molecule has 0 saturated carbocycles. The molecule has 10 heteroatoms. The number of amides is 1. The lowest BCUT2D eigenvalue weighted by atomic mass is 10.1. The molecule has 2 N–H and O–H groups in total. The molecule has 0 aliphatic carbocycles. The summed E-state index contributed by atoms with van der Waals surface area (Å²) in [5.74, 6) is -0.906. The molecule has 1 aromatic heterocycles. The van der Waals surface area contributed by atoms with Gasteiger partial charge in [0.25, 0.3) is 10.0 Å². The number of nitrogens with one attached hydrogen (secondary N) is 2. The molecule has 0 aromatic carbocycles. The van der Waals surface area contributed by atoms with E-state index in [1.165, 1.54) is 5.51 Å². The van der Waals surface area contributed by atoms with E-state index >= 15 is 0 Å². The summed E-state index contributed by atoms with van der Waals surface area (Å²) in [6.45, 7) is 0.227. The number of rotatable bonds is 4. The topological polar surface area (TPSA) is 114 Å². The Morgan fingerprint density at radius 2 is 2.35 bits per heavy atom. The number of piperidine rings is 1. The smallest absolute Gasteiger partial charge is 0.358 e. The predicted octanol–water partition coefficient (Wildman–Crippen LogP) is -0.513. The number of carbonyl (C=O) groups excluding carboxylic acids is 2. The lowest BCUT2D eigenvalue weighted by molar-refractivity contribution is -0.122. The van der Waals surface area contributed by atoms with Crippen LogP contribution >= 0.6 is 11.3 Å². The minimum atomic E-state index is -3.87. The molecule has 8 nitrogen and oxygen atoms in total. The van der Waals surface area contributed by atoms with Crippen LogP contribution < -0.4 is 10.0 Å². The molecule has 1 aromatic rings. The lowest BCUT2D eigenvalue weighted by Crippen LogP contribution is -2.47. The fourth-order valence-electron chi connectivity index (χ4n) is 1.77. The van der Waals surface area contributed by atoms with Crippen molar-refractivity contribution in [3.63, 3.8) is 0 Å². The van der Waals surface area contributed by atoms with E-state index in [1.54, 1.807) is 0 Å². The Labute approximate surface area is 119 Å². The van der Waals surface area contributed by atoms with E-state index in [2.05, 4.69) is 19.8 Å². The molecular formula is C10H13N3O5S2. The van der Waals surface area contributed by atoms with Crippen LogP contribution in [-0.2, 0) is 19.6 Å². The molecule has 1 saturated heterocycles. The zero-order valence-electron chi connectivity index (χ0n) is 10.6. The SMILES string of the molecule is COC(=O)c1ncsc1S(=O)(=O)NC1CCC(=O)NC1. The highest BCUT2D eigenvalue weighted by Crippen LogP contribution is 2.21. The first-order valence-corrected chi connectivity index (χ1v) is 8.11. The zero-order chi connectivity index (χ0) is 14.8. The van der Waals surface area contributed by atoms with E-state index in [4.69, 9.17) is 0 Å². The van der Waals surface area contributed by atoms with Crippen molar-refractivity contribution in [1.82, 2.24) is 15.0 Å². The minimum Gasteiger partial charge on any atom is -0.464 e. The van der Waals surface area contributed by atoms with Gasteiger partial charge in [-0.3, -0.25) is 4.79 Å². The number of aromatic nitrogens is 1. The largest absolute Gasteiger partial charge is 0.464 e. The number of carbonyl (C=O) groups is 2. The van der Waals surface area contributed by atoms with Crippen LogP contribution in [0.25, 0.3) is 0 Å². The Hall–Kier alpha value is -1.52. The number of ether oxygens (including phenoxy) is 1. The van der Waals surface area contributed by atoms with Gasteiger partial charge in [0, 0.05) is 19.0 Å². The molecular weight excluding hydrogens is 306 g/mol. The average Bonchev–Trinajstić information content (AvgIpc) is 2.90. The fourth-order valence-corrected chi connectivity index (χ4v) is 4.18. The van der Waals surface area contributed by atoms with E-state index in [0.29, 0.717) is 6.42 Å². The van der Waals surface area contributed by atoms with Crippen LogP contribution in [0.3, 0.4) is 0 Å². The van der Waals surface area contributed by atoms with Gasteiger partial charge < -0.3 is 10.1 Å². The Kier molecular flexibility index (Phi) is 4.35. The number of hydrogen-bond acceptors (Lipinski definition) is 7. The molecule has 1 atom stereocenters. The summed E-state index contributed by atoms with van der Waals surface area (Å²) in [6.07, 6.45) is 0.678. The van der Waals surface area contributed by atoms with Gasteiger partial charge in [0.05, 0.1) is 12.6 Å². The standard InChI is InChI=1S/C10H13N3O5S2/c1-18-9(15)8-10(19-5-12-8)20(16,17)13-6-2-3-7(14)11-4-6/h5-6,13H,2-4H2,1H3,(H,11,14). The second kappa shape index (κ2) is 5.85. The first kappa shape index (κ1) is 14.9. The van der Waals surface area contributed by atoms with Gasteiger partial charge in [0.15, 0.2) is 9.90 Å². The summed E-state index contributed by atoms with van der Waals surface area (Å²) >= 11 is 0.840. The summed E-state index contributed by atoms with van der Waals surface area (Å²) in [5, 5.41) is 2.58. The van der Waals surface area contributed by atoms with Crippen molar-refractivity contribution in [2.45, 2.75) is 23.1 Å².